The van der Waals surface area contributed by atoms with E-state index in [1.807, 2.05) is 0 Å². The molecule has 92 valence electrons. The fourth-order valence-corrected chi connectivity index (χ4v) is 4.93. The van der Waals surface area contributed by atoms with Gasteiger partial charge in [0.1, 0.15) is 0 Å². The Morgan fingerprint density at radius 1 is 1.22 bits per heavy atom. The van der Waals surface area contributed by atoms with Crippen molar-refractivity contribution >= 4 is 48.7 Å². The van der Waals surface area contributed by atoms with Crippen molar-refractivity contribution in [2.45, 2.75) is 13.0 Å². The van der Waals surface area contributed by atoms with Crippen LogP contribution in [-0.4, -0.2) is 0 Å². The standard InChI is InChI=1S/C14H12BrNS2/c1-8-10(6-13(15)18-8)14(16)11-7-17-12-5-3-2-4-9(11)12/h2-7,14H,16H2,1H3. The van der Waals surface area contributed by atoms with E-state index in [1.165, 1.54) is 26.1 Å². The Hall–Kier alpha value is -0.680. The predicted octanol–water partition coefficient (Wildman–Crippen LogP) is 5.08. The predicted molar refractivity (Wildman–Crippen MR) is 84.6 cm³/mol. The molecule has 1 aromatic carbocycles. The maximum atomic E-state index is 6.43. The third kappa shape index (κ3) is 2.03. The number of fused-ring (bicyclic) bond motifs is 1. The van der Waals surface area contributed by atoms with Gasteiger partial charge >= 0.3 is 0 Å². The van der Waals surface area contributed by atoms with E-state index in [0.29, 0.717) is 0 Å². The summed E-state index contributed by atoms with van der Waals surface area (Å²) in [5.74, 6) is 0. The molecule has 2 aromatic heterocycles. The van der Waals surface area contributed by atoms with E-state index in [-0.39, 0.29) is 6.04 Å². The lowest BCUT2D eigenvalue weighted by Crippen LogP contribution is -2.11. The van der Waals surface area contributed by atoms with Gasteiger partial charge in [0.2, 0.25) is 0 Å². The van der Waals surface area contributed by atoms with Gasteiger partial charge in [0, 0.05) is 9.58 Å². The summed E-state index contributed by atoms with van der Waals surface area (Å²) in [6.45, 7) is 2.12. The highest BCUT2D eigenvalue weighted by Gasteiger charge is 2.17. The Bertz CT molecular complexity index is 699. The van der Waals surface area contributed by atoms with Gasteiger partial charge in [-0.2, -0.15) is 0 Å². The molecule has 3 aromatic rings. The first-order valence-electron chi connectivity index (χ1n) is 5.64. The van der Waals surface area contributed by atoms with Gasteiger partial charge in [0.15, 0.2) is 0 Å². The quantitative estimate of drug-likeness (QED) is 0.693. The summed E-state index contributed by atoms with van der Waals surface area (Å²) in [7, 11) is 0. The number of hydrogen-bond acceptors (Lipinski definition) is 3. The summed E-state index contributed by atoms with van der Waals surface area (Å²) in [6, 6.07) is 10.5. The van der Waals surface area contributed by atoms with Gasteiger partial charge in [0.05, 0.1) is 9.83 Å². The minimum atomic E-state index is -0.0382. The molecule has 0 aliphatic rings. The summed E-state index contributed by atoms with van der Waals surface area (Å²) in [5, 5.41) is 3.46. The van der Waals surface area contributed by atoms with Crippen molar-refractivity contribution in [1.29, 1.82) is 0 Å². The smallest absolute Gasteiger partial charge is 0.0704 e. The van der Waals surface area contributed by atoms with E-state index in [1.54, 1.807) is 22.7 Å². The molecule has 1 atom stereocenters. The number of hydrogen-bond donors (Lipinski definition) is 1. The molecule has 3 rings (SSSR count). The van der Waals surface area contributed by atoms with Crippen molar-refractivity contribution in [3.05, 3.63) is 55.5 Å². The van der Waals surface area contributed by atoms with Gasteiger partial charge in [0.25, 0.3) is 0 Å². The molecule has 0 radical (unpaired) electrons. The van der Waals surface area contributed by atoms with E-state index in [2.05, 4.69) is 58.6 Å². The first-order chi connectivity index (χ1) is 8.66. The van der Waals surface area contributed by atoms with Crippen LogP contribution in [0.5, 0.6) is 0 Å². The first-order valence-corrected chi connectivity index (χ1v) is 8.13. The SMILES string of the molecule is Cc1sc(Br)cc1C(N)c1csc2ccccc12. The number of rotatable bonds is 2. The highest BCUT2D eigenvalue weighted by Crippen LogP contribution is 2.36. The van der Waals surface area contributed by atoms with Crippen LogP contribution in [0.2, 0.25) is 0 Å². The lowest BCUT2D eigenvalue weighted by Gasteiger charge is -2.10. The molecule has 18 heavy (non-hydrogen) atoms. The van der Waals surface area contributed by atoms with Crippen LogP contribution in [0.25, 0.3) is 10.1 Å². The summed E-state index contributed by atoms with van der Waals surface area (Å²) < 4.78 is 2.44. The molecule has 0 aliphatic carbocycles. The largest absolute Gasteiger partial charge is 0.320 e. The van der Waals surface area contributed by atoms with Gasteiger partial charge in [-0.3, -0.25) is 0 Å². The fourth-order valence-electron chi connectivity index (χ4n) is 2.17. The Kier molecular flexibility index (Phi) is 3.28. The molecule has 1 unspecified atom stereocenters. The zero-order valence-electron chi connectivity index (χ0n) is 9.81. The maximum Gasteiger partial charge on any atom is 0.0704 e. The Morgan fingerprint density at radius 2 is 2.00 bits per heavy atom. The van der Waals surface area contributed by atoms with Crippen molar-refractivity contribution < 1.29 is 0 Å². The van der Waals surface area contributed by atoms with Crippen molar-refractivity contribution in [2.75, 3.05) is 0 Å². The molecular weight excluding hydrogens is 326 g/mol. The monoisotopic (exact) mass is 337 g/mol. The number of halogens is 1. The zero-order valence-corrected chi connectivity index (χ0v) is 13.0. The molecule has 0 saturated heterocycles. The van der Waals surface area contributed by atoms with Crippen LogP contribution < -0.4 is 5.73 Å². The summed E-state index contributed by atoms with van der Waals surface area (Å²) in [5.41, 5.74) is 8.88. The average Bonchev–Trinajstić information content (AvgIpc) is 2.92. The van der Waals surface area contributed by atoms with Crippen LogP contribution >= 0.6 is 38.6 Å². The second kappa shape index (κ2) is 4.78. The van der Waals surface area contributed by atoms with E-state index in [4.69, 9.17) is 5.73 Å². The molecule has 0 bridgehead atoms. The minimum absolute atomic E-state index is 0.0382. The summed E-state index contributed by atoms with van der Waals surface area (Å²) in [6.07, 6.45) is 0. The lowest BCUT2D eigenvalue weighted by atomic mass is 10.00. The minimum Gasteiger partial charge on any atom is -0.320 e. The average molecular weight is 338 g/mol. The summed E-state index contributed by atoms with van der Waals surface area (Å²) >= 11 is 7.03. The second-order valence-electron chi connectivity index (χ2n) is 4.23. The number of nitrogens with two attached hydrogens (primary N) is 1. The maximum absolute atomic E-state index is 6.43. The number of aryl methyl sites for hydroxylation is 1. The molecule has 2 N–H and O–H groups in total. The molecular formula is C14H12BrNS2. The number of thiophene rings is 2. The highest BCUT2D eigenvalue weighted by molar-refractivity contribution is 9.11. The van der Waals surface area contributed by atoms with Crippen LogP contribution in [0.3, 0.4) is 0 Å². The molecule has 0 spiro atoms. The first kappa shape index (κ1) is 12.4. The van der Waals surface area contributed by atoms with Crippen LogP contribution in [0, 0.1) is 6.92 Å². The van der Waals surface area contributed by atoms with Crippen molar-refractivity contribution in [1.82, 2.24) is 0 Å². The zero-order chi connectivity index (χ0) is 12.7. The molecule has 0 aliphatic heterocycles. The van der Waals surface area contributed by atoms with Crippen LogP contribution in [0.4, 0.5) is 0 Å². The molecule has 2 heterocycles. The molecule has 4 heteroatoms. The third-order valence-electron chi connectivity index (χ3n) is 3.11. The van der Waals surface area contributed by atoms with Gasteiger partial charge in [-0.15, -0.1) is 22.7 Å². The Morgan fingerprint density at radius 3 is 2.72 bits per heavy atom. The molecule has 0 amide bonds. The van der Waals surface area contributed by atoms with E-state index in [9.17, 15) is 0 Å². The van der Waals surface area contributed by atoms with E-state index >= 15 is 0 Å². The van der Waals surface area contributed by atoms with Gasteiger partial charge < -0.3 is 5.73 Å². The molecule has 1 nitrogen and oxygen atoms in total. The topological polar surface area (TPSA) is 26.0 Å². The van der Waals surface area contributed by atoms with Gasteiger partial charge in [-0.1, -0.05) is 18.2 Å². The van der Waals surface area contributed by atoms with E-state index in [0.717, 1.165) is 3.79 Å². The van der Waals surface area contributed by atoms with Crippen molar-refractivity contribution in [2.24, 2.45) is 5.73 Å². The number of benzene rings is 1. The van der Waals surface area contributed by atoms with Gasteiger partial charge in [-0.25, -0.2) is 0 Å². The normalized spacial score (nSPS) is 13.1. The lowest BCUT2D eigenvalue weighted by molar-refractivity contribution is 0.882. The second-order valence-corrected chi connectivity index (χ2v) is 7.77. The third-order valence-corrected chi connectivity index (χ3v) is 5.66. The van der Waals surface area contributed by atoms with Gasteiger partial charge in [-0.05, 0) is 56.9 Å². The van der Waals surface area contributed by atoms with Crippen molar-refractivity contribution in [3.8, 4) is 0 Å². The molecule has 0 saturated carbocycles. The van der Waals surface area contributed by atoms with E-state index < -0.39 is 0 Å². The Labute approximate surface area is 122 Å². The van der Waals surface area contributed by atoms with Crippen molar-refractivity contribution in [3.63, 3.8) is 0 Å². The van der Waals surface area contributed by atoms with Crippen LogP contribution in [0.15, 0.2) is 39.5 Å². The summed E-state index contributed by atoms with van der Waals surface area (Å²) in [4.78, 5) is 1.28. The highest BCUT2D eigenvalue weighted by atomic mass is 79.9. The Balaban J connectivity index is 2.12. The van der Waals surface area contributed by atoms with Crippen LogP contribution in [0.1, 0.15) is 22.0 Å². The van der Waals surface area contributed by atoms with Crippen LogP contribution in [-0.2, 0) is 0 Å². The fraction of sp³-hybridized carbons (Fsp3) is 0.143. The molecule has 0 fully saturated rings.